The van der Waals surface area contributed by atoms with Gasteiger partial charge in [-0.2, -0.15) is 9.65 Å². The Balaban J connectivity index is 1.95. The van der Waals surface area contributed by atoms with Gasteiger partial charge in [-0.3, -0.25) is 19.1 Å². The average molecular weight is 686 g/mol. The number of amides is 1. The van der Waals surface area contributed by atoms with Crippen LogP contribution in [0.3, 0.4) is 0 Å². The summed E-state index contributed by atoms with van der Waals surface area (Å²) in [6, 6.07) is 4.32. The summed E-state index contributed by atoms with van der Waals surface area (Å²) in [4.78, 5) is 39.6. The summed E-state index contributed by atoms with van der Waals surface area (Å²) in [6.45, 7) is 13.1. The third kappa shape index (κ3) is 5.37. The Morgan fingerprint density at radius 2 is 1.79 bits per heavy atom. The molecule has 0 radical (unpaired) electrons. The van der Waals surface area contributed by atoms with E-state index < -0.39 is 45.0 Å². The Bertz CT molecular complexity index is 2050. The summed E-state index contributed by atoms with van der Waals surface area (Å²) in [5.74, 6) is -7.48. The number of pyridine rings is 3. The van der Waals surface area contributed by atoms with E-state index in [9.17, 15) is 33.1 Å². The highest BCUT2D eigenvalue weighted by Gasteiger charge is 2.36. The average Bonchev–Trinajstić information content (AvgIpc) is 3.02. The molecule has 1 aliphatic heterocycles. The van der Waals surface area contributed by atoms with Crippen LogP contribution in [0.15, 0.2) is 35.8 Å². The Morgan fingerprint density at radius 3 is 2.36 bits per heavy atom. The molecule has 2 atom stereocenters. The number of aromatic nitrogens is 3. The number of nitrogens with zero attached hydrogens (tertiary/aromatic N) is 6. The number of aryl methyl sites for hydroxylation is 1. The van der Waals surface area contributed by atoms with Crippen LogP contribution in [0, 0.1) is 35.7 Å². The fourth-order valence-corrected chi connectivity index (χ4v) is 6.75. The zero-order valence-electron chi connectivity index (χ0n) is 26.0. The molecule has 1 fully saturated rings. The van der Waals surface area contributed by atoms with Crippen molar-refractivity contribution in [3.63, 3.8) is 0 Å². The number of benzene rings is 1. The molecule has 0 bridgehead atoms. The van der Waals surface area contributed by atoms with E-state index in [4.69, 9.17) is 23.2 Å². The molecule has 47 heavy (non-hydrogen) atoms. The topological polar surface area (TPSA) is 115 Å². The number of fused-ring (bicyclic) bond motifs is 1. The van der Waals surface area contributed by atoms with E-state index in [0.717, 1.165) is 0 Å². The maximum Gasteiger partial charge on any atom is 0.276 e. The Labute approximate surface area is 278 Å². The lowest BCUT2D eigenvalue weighted by molar-refractivity contribution is -0.130. The molecular weight excluding hydrogens is 656 g/mol. The predicted molar refractivity (Wildman–Crippen MR) is 174 cm³/mol. The molecule has 4 heterocycles. The van der Waals surface area contributed by atoms with E-state index in [1.165, 1.54) is 16.7 Å². The van der Waals surface area contributed by atoms with E-state index >= 15 is 0 Å². The number of carbonyl (C=O) groups is 1. The van der Waals surface area contributed by atoms with Gasteiger partial charge in [0.2, 0.25) is 11.7 Å². The van der Waals surface area contributed by atoms with Crippen LogP contribution in [-0.4, -0.2) is 55.6 Å². The fourth-order valence-electron chi connectivity index (χ4n) is 6.25. The van der Waals surface area contributed by atoms with Crippen LogP contribution in [0.2, 0.25) is 10.0 Å². The maximum atomic E-state index is 14.7. The van der Waals surface area contributed by atoms with Gasteiger partial charge >= 0.3 is 0 Å². The first kappa shape index (κ1) is 33.8. The van der Waals surface area contributed by atoms with Gasteiger partial charge < -0.3 is 14.9 Å². The normalized spacial score (nSPS) is 16.6. The number of nitriles is 1. The summed E-state index contributed by atoms with van der Waals surface area (Å²) in [7, 11) is 0. The van der Waals surface area contributed by atoms with Crippen molar-refractivity contribution in [1.29, 1.82) is 5.26 Å². The van der Waals surface area contributed by atoms with Crippen LogP contribution in [0.1, 0.15) is 50.4 Å². The molecule has 0 aliphatic carbocycles. The van der Waals surface area contributed by atoms with E-state index in [1.807, 2.05) is 33.8 Å². The molecule has 0 saturated carbocycles. The highest BCUT2D eigenvalue weighted by molar-refractivity contribution is 6.37. The van der Waals surface area contributed by atoms with Gasteiger partial charge in [0.05, 0.1) is 38.4 Å². The van der Waals surface area contributed by atoms with Gasteiger partial charge in [-0.25, -0.2) is 13.8 Å². The quantitative estimate of drug-likeness (QED) is 0.140. The molecule has 14 heteroatoms. The van der Waals surface area contributed by atoms with E-state index in [-0.39, 0.29) is 64.3 Å². The van der Waals surface area contributed by atoms with Crippen LogP contribution in [-0.2, 0) is 4.79 Å². The monoisotopic (exact) mass is 684 g/mol. The second kappa shape index (κ2) is 12.5. The first-order chi connectivity index (χ1) is 22.2. The third-order valence-corrected chi connectivity index (χ3v) is 8.90. The van der Waals surface area contributed by atoms with Crippen molar-refractivity contribution >= 4 is 45.8 Å². The fraction of sp³-hybridized carbons (Fsp3) is 0.303. The van der Waals surface area contributed by atoms with Crippen LogP contribution in [0.4, 0.5) is 18.9 Å². The van der Waals surface area contributed by atoms with Crippen LogP contribution in [0.5, 0.6) is 5.75 Å². The molecule has 1 saturated heterocycles. The number of phenols is 1. The first-order valence-electron chi connectivity index (χ1n) is 14.6. The minimum Gasteiger partial charge on any atom is -0.504 e. The zero-order chi connectivity index (χ0) is 34.6. The summed E-state index contributed by atoms with van der Waals surface area (Å²) >= 11 is 12.8. The van der Waals surface area contributed by atoms with Gasteiger partial charge in [-0.15, -0.1) is 0 Å². The molecule has 1 N–H and O–H groups in total. The van der Waals surface area contributed by atoms with Crippen molar-refractivity contribution in [3.8, 4) is 28.8 Å². The second-order valence-electron chi connectivity index (χ2n) is 11.7. The summed E-state index contributed by atoms with van der Waals surface area (Å²) in [6.07, 6.45) is 2.79. The molecule has 244 valence electrons. The van der Waals surface area contributed by atoms with Crippen LogP contribution >= 0.6 is 23.2 Å². The minimum absolute atomic E-state index is 0.105. The summed E-state index contributed by atoms with van der Waals surface area (Å²) in [5.41, 5.74) is -0.724. The van der Waals surface area contributed by atoms with Crippen molar-refractivity contribution in [2.45, 2.75) is 52.6 Å². The number of anilines is 1. The van der Waals surface area contributed by atoms with Gasteiger partial charge in [-0.05, 0) is 50.5 Å². The van der Waals surface area contributed by atoms with Gasteiger partial charge in [0.1, 0.15) is 17.3 Å². The largest absolute Gasteiger partial charge is 0.504 e. The molecule has 9 nitrogen and oxygen atoms in total. The smallest absolute Gasteiger partial charge is 0.276 e. The van der Waals surface area contributed by atoms with Crippen LogP contribution in [0.25, 0.3) is 28.0 Å². The molecule has 4 aromatic rings. The summed E-state index contributed by atoms with van der Waals surface area (Å²) in [5, 5.41) is 20.0. The van der Waals surface area contributed by atoms with E-state index in [2.05, 4.69) is 16.5 Å². The number of hydrogen-bond acceptors (Lipinski definition) is 7. The molecule has 1 aliphatic rings. The highest BCUT2D eigenvalue weighted by Crippen LogP contribution is 2.45. The van der Waals surface area contributed by atoms with Crippen molar-refractivity contribution in [3.05, 3.63) is 85.7 Å². The predicted octanol–water partition coefficient (Wildman–Crippen LogP) is 6.79. The number of phenolic OH excluding ortho intramolecular Hbond substituents is 1. The minimum atomic E-state index is -1.99. The summed E-state index contributed by atoms with van der Waals surface area (Å²) < 4.78 is 44.6. The standard InChI is InChI=1S/C33H29Cl2F3N6O3/c1-7-21(45)43-16(5)12-42(13-17(43)6)30-18-10-20(34)28(22-23(35)24(36)25(37)26(38)31(22)46)41-32(18)44(33(47)19(30)11-39)29-15(4)8-9-40-27(29)14(2)3/h7-10,14,16-17,46H,1,12-13H2,2-6H3/t16-,17+. The molecule has 3 aromatic heterocycles. The molecule has 1 amide bonds. The van der Waals surface area contributed by atoms with Gasteiger partial charge in [0.15, 0.2) is 17.4 Å². The maximum absolute atomic E-state index is 14.7. The van der Waals surface area contributed by atoms with Gasteiger partial charge in [0.25, 0.3) is 5.56 Å². The van der Waals surface area contributed by atoms with Crippen molar-refractivity contribution in [2.24, 2.45) is 0 Å². The van der Waals surface area contributed by atoms with Gasteiger partial charge in [0, 0.05) is 36.8 Å². The zero-order valence-corrected chi connectivity index (χ0v) is 27.5. The lowest BCUT2D eigenvalue weighted by atomic mass is 10.0. The van der Waals surface area contributed by atoms with Crippen molar-refractivity contribution < 1.29 is 23.1 Å². The number of rotatable bonds is 5. The van der Waals surface area contributed by atoms with E-state index in [1.54, 1.807) is 29.0 Å². The Hall–Kier alpha value is -4.60. The number of carbonyl (C=O) groups excluding carboxylic acids is 1. The highest BCUT2D eigenvalue weighted by atomic mass is 35.5. The first-order valence-corrected chi connectivity index (χ1v) is 15.3. The SMILES string of the molecule is C=CC(=O)N1[C@H](C)CN(c2c(C#N)c(=O)n(-c3c(C)ccnc3C(C)C)c3nc(-c4c(O)c(F)c(F)c(F)c4Cl)c(Cl)cc23)C[C@@H]1C. The number of piperazine rings is 1. The Morgan fingerprint density at radius 1 is 1.15 bits per heavy atom. The number of aromatic hydroxyl groups is 1. The lowest BCUT2D eigenvalue weighted by Gasteiger charge is -2.45. The van der Waals surface area contributed by atoms with Crippen LogP contribution < -0.4 is 10.5 Å². The third-order valence-electron chi connectivity index (χ3n) is 8.26. The number of halogens is 5. The van der Waals surface area contributed by atoms with Crippen molar-refractivity contribution in [1.82, 2.24) is 19.4 Å². The molecule has 1 aromatic carbocycles. The van der Waals surface area contributed by atoms with E-state index in [0.29, 0.717) is 16.9 Å². The lowest BCUT2D eigenvalue weighted by Crippen LogP contribution is -2.58. The second-order valence-corrected chi connectivity index (χ2v) is 12.5. The number of hydrogen-bond donors (Lipinski definition) is 1. The van der Waals surface area contributed by atoms with Crippen molar-refractivity contribution in [2.75, 3.05) is 18.0 Å². The Kier molecular flexibility index (Phi) is 9.01. The molecule has 0 unspecified atom stereocenters. The molecule has 0 spiro atoms. The molecule has 5 rings (SSSR count). The van der Waals surface area contributed by atoms with Gasteiger partial charge in [-0.1, -0.05) is 43.6 Å². The molecular formula is C33H29Cl2F3N6O3.